The molecule has 1 aliphatic rings. The fourth-order valence-corrected chi connectivity index (χ4v) is 7.10. The molecule has 1 amide bonds. The Bertz CT molecular complexity index is 653. The van der Waals surface area contributed by atoms with E-state index in [0.717, 1.165) is 0 Å². The van der Waals surface area contributed by atoms with Gasteiger partial charge in [0.1, 0.15) is 0 Å². The van der Waals surface area contributed by atoms with Gasteiger partial charge in [-0.15, -0.1) is 0 Å². The third-order valence-corrected chi connectivity index (χ3v) is 11.8. The van der Waals surface area contributed by atoms with Crippen LogP contribution in [-0.2, 0) is 9.92 Å². The van der Waals surface area contributed by atoms with Crippen LogP contribution in [0.2, 0.25) is 18.1 Å². The van der Waals surface area contributed by atoms with E-state index >= 15 is 0 Å². The predicted octanol–water partition coefficient (Wildman–Crippen LogP) is 3.18. The van der Waals surface area contributed by atoms with Gasteiger partial charge in [-0.05, 0) is 30.3 Å². The summed E-state index contributed by atoms with van der Waals surface area (Å²) in [4.78, 5) is 12.4. The summed E-state index contributed by atoms with van der Waals surface area (Å²) < 4.78 is 20.2. The van der Waals surface area contributed by atoms with E-state index in [1.165, 1.54) is 0 Å². The first kappa shape index (κ1) is 14.3. The molecule has 0 saturated carbocycles. The van der Waals surface area contributed by atoms with Crippen molar-refractivity contribution in [3.05, 3.63) is 29.8 Å². The normalized spacial score (nSPS) is 22.9. The number of carbonyl (C=O) groups is 1. The number of rotatable bonds is 1. The minimum absolute atomic E-state index is 0.0142. The molecule has 0 spiro atoms. The number of amides is 1. The summed E-state index contributed by atoms with van der Waals surface area (Å²) in [5, 5.41) is -0.0142. The Balaban J connectivity index is 2.65. The van der Waals surface area contributed by atoms with Gasteiger partial charge in [-0.25, -0.2) is 4.21 Å². The first-order valence-corrected chi connectivity index (χ1v) is 10.7. The van der Waals surface area contributed by atoms with Gasteiger partial charge in [0.15, 0.2) is 18.2 Å². The second-order valence-corrected chi connectivity index (χ2v) is 13.4. The fourth-order valence-electron chi connectivity index (χ4n) is 1.66. The fraction of sp³-hybridized carbons (Fsp3) is 0.462. The van der Waals surface area contributed by atoms with E-state index in [1.54, 1.807) is 24.3 Å². The van der Waals surface area contributed by atoms with Gasteiger partial charge in [-0.3, -0.25) is 13.5 Å². The van der Waals surface area contributed by atoms with Gasteiger partial charge in [-0.2, -0.15) is 0 Å². The van der Waals surface area contributed by atoms with Crippen molar-refractivity contribution in [3.8, 4) is 0 Å². The molecule has 6 heteroatoms. The molecule has 2 rings (SSSR count). The summed E-state index contributed by atoms with van der Waals surface area (Å²) in [7, 11) is -4.92. The van der Waals surface area contributed by atoms with Gasteiger partial charge in [0.05, 0.1) is 10.5 Å². The molecule has 1 aromatic rings. The van der Waals surface area contributed by atoms with E-state index in [1.807, 2.05) is 0 Å². The number of fused-ring (bicyclic) bond motifs is 1. The molecule has 0 aliphatic carbocycles. The van der Waals surface area contributed by atoms with E-state index in [4.69, 9.17) is 0 Å². The zero-order valence-electron chi connectivity index (χ0n) is 12.0. The number of carbonyl (C=O) groups excluding carboxylic acids is 1. The second kappa shape index (κ2) is 4.18. The Hall–Kier alpha value is -1.14. The zero-order chi connectivity index (χ0) is 14.5. The molecule has 1 aliphatic heterocycles. The number of nitrogens with one attached hydrogen (secondary N) is 1. The number of benzene rings is 1. The van der Waals surface area contributed by atoms with Gasteiger partial charge >= 0.3 is 0 Å². The van der Waals surface area contributed by atoms with Crippen LogP contribution >= 0.6 is 0 Å². The molecule has 1 aromatic carbocycles. The lowest BCUT2D eigenvalue weighted by molar-refractivity contribution is 0.0985. The summed E-state index contributed by atoms with van der Waals surface area (Å²) in [6.45, 7) is 10.5. The molecule has 1 heterocycles. The van der Waals surface area contributed by atoms with E-state index in [9.17, 15) is 9.00 Å². The van der Waals surface area contributed by atoms with Crippen LogP contribution in [0.4, 0.5) is 0 Å². The smallest absolute Gasteiger partial charge is 0.265 e. The molecular formula is C13H20N2O2SSi. The summed E-state index contributed by atoms with van der Waals surface area (Å²) in [5.74, 6) is -0.289. The quantitative estimate of drug-likeness (QED) is 0.809. The van der Waals surface area contributed by atoms with Crippen LogP contribution in [0.5, 0.6) is 0 Å². The van der Waals surface area contributed by atoms with Gasteiger partial charge < -0.3 is 0 Å². The lowest BCUT2D eigenvalue weighted by Gasteiger charge is -2.32. The predicted molar refractivity (Wildman–Crippen MR) is 79.9 cm³/mol. The van der Waals surface area contributed by atoms with Gasteiger partial charge in [0, 0.05) is 0 Å². The molecule has 0 fully saturated rings. The van der Waals surface area contributed by atoms with E-state index < -0.39 is 18.2 Å². The Labute approximate surface area is 116 Å². The van der Waals surface area contributed by atoms with Gasteiger partial charge in [0.25, 0.3) is 5.91 Å². The Morgan fingerprint density at radius 3 is 2.37 bits per heavy atom. The van der Waals surface area contributed by atoms with Crippen molar-refractivity contribution in [2.45, 2.75) is 43.8 Å². The third kappa shape index (κ3) is 2.34. The van der Waals surface area contributed by atoms with Crippen molar-refractivity contribution < 1.29 is 9.00 Å². The molecule has 1 atom stereocenters. The number of hydrogen-bond donors (Lipinski definition) is 1. The highest BCUT2D eigenvalue weighted by Gasteiger charge is 2.40. The van der Waals surface area contributed by atoms with Crippen molar-refractivity contribution in [3.63, 3.8) is 0 Å². The topological polar surface area (TPSA) is 58.5 Å². The van der Waals surface area contributed by atoms with Crippen LogP contribution in [0.25, 0.3) is 0 Å². The molecule has 0 saturated heterocycles. The SMILES string of the molecule is CC(C)(C)[Si](C)(C)N=S1(=O)NC(=O)c2ccccc21. The average Bonchev–Trinajstić information content (AvgIpc) is 2.49. The van der Waals surface area contributed by atoms with Gasteiger partial charge in [0.2, 0.25) is 0 Å². The van der Waals surface area contributed by atoms with E-state index in [2.05, 4.69) is 42.6 Å². The van der Waals surface area contributed by atoms with Crippen LogP contribution in [0.3, 0.4) is 0 Å². The lowest BCUT2D eigenvalue weighted by atomic mass is 10.2. The van der Waals surface area contributed by atoms with Crippen molar-refractivity contribution in [1.82, 2.24) is 4.72 Å². The van der Waals surface area contributed by atoms with E-state index in [-0.39, 0.29) is 10.9 Å². The molecule has 4 nitrogen and oxygen atoms in total. The van der Waals surface area contributed by atoms with Crippen LogP contribution in [0.1, 0.15) is 31.1 Å². The maximum atomic E-state index is 13.0. The Morgan fingerprint density at radius 1 is 1.21 bits per heavy atom. The van der Waals surface area contributed by atoms with Crippen LogP contribution in [-0.4, -0.2) is 18.4 Å². The standard InChI is InChI=1S/C13H20N2O2SSi/c1-13(2,3)19(4,5)15-18(17)11-9-7-6-8-10(11)12(16)14-18/h6-9H,1-5H3,(H,14,15,16,17). The molecule has 1 N–H and O–H groups in total. The largest absolute Gasteiger partial charge is 0.268 e. The van der Waals surface area contributed by atoms with E-state index in [0.29, 0.717) is 10.5 Å². The minimum Gasteiger partial charge on any atom is -0.268 e. The van der Waals surface area contributed by atoms with Gasteiger partial charge in [-0.1, -0.05) is 32.9 Å². The molecule has 19 heavy (non-hydrogen) atoms. The average molecular weight is 296 g/mol. The highest BCUT2D eigenvalue weighted by molar-refractivity contribution is 7.93. The first-order valence-electron chi connectivity index (χ1n) is 6.26. The van der Waals surface area contributed by atoms with Crippen molar-refractivity contribution in [2.75, 3.05) is 0 Å². The van der Waals surface area contributed by atoms with Crippen molar-refractivity contribution in [2.24, 2.45) is 4.03 Å². The first-order chi connectivity index (χ1) is 8.57. The summed E-state index contributed by atoms with van der Waals surface area (Å²) >= 11 is 0. The number of hydrogen-bond acceptors (Lipinski definition) is 3. The molecular weight excluding hydrogens is 276 g/mol. The molecule has 0 aromatic heterocycles. The lowest BCUT2D eigenvalue weighted by Crippen LogP contribution is -2.38. The number of nitrogens with zero attached hydrogens (tertiary/aromatic N) is 1. The highest BCUT2D eigenvalue weighted by atomic mass is 32.2. The summed E-state index contributed by atoms with van der Waals surface area (Å²) in [6.07, 6.45) is 0. The van der Waals surface area contributed by atoms with Crippen molar-refractivity contribution >= 4 is 24.1 Å². The zero-order valence-corrected chi connectivity index (χ0v) is 13.8. The molecule has 0 bridgehead atoms. The highest BCUT2D eigenvalue weighted by Crippen LogP contribution is 2.39. The minimum atomic E-state index is -2.82. The Kier molecular flexibility index (Phi) is 3.14. The Morgan fingerprint density at radius 2 is 1.79 bits per heavy atom. The summed E-state index contributed by atoms with van der Waals surface area (Å²) in [6, 6.07) is 6.99. The second-order valence-electron chi connectivity index (χ2n) is 6.35. The van der Waals surface area contributed by atoms with Crippen LogP contribution in [0, 0.1) is 0 Å². The monoisotopic (exact) mass is 296 g/mol. The van der Waals surface area contributed by atoms with Crippen molar-refractivity contribution in [1.29, 1.82) is 0 Å². The third-order valence-electron chi connectivity index (χ3n) is 3.85. The van der Waals surface area contributed by atoms with Crippen LogP contribution < -0.4 is 4.72 Å². The maximum Gasteiger partial charge on any atom is 0.265 e. The summed E-state index contributed by atoms with van der Waals surface area (Å²) in [5.41, 5.74) is 0.481. The molecule has 104 valence electrons. The molecule has 0 radical (unpaired) electrons. The van der Waals surface area contributed by atoms with Crippen LogP contribution in [0.15, 0.2) is 33.2 Å². The molecule has 1 unspecified atom stereocenters. The maximum absolute atomic E-state index is 13.0.